The fraction of sp³-hybridized carbons (Fsp3) is 0.400. The molecule has 0 nitrogen and oxygen atoms in total. The van der Waals surface area contributed by atoms with Crippen molar-refractivity contribution in [3.05, 3.63) is 52.1 Å². The van der Waals surface area contributed by atoms with Crippen LogP contribution >= 0.6 is 0 Å². The Morgan fingerprint density at radius 2 is 1.76 bits per heavy atom. The molecular weight excluding hydrogens is 299 g/mol. The van der Waals surface area contributed by atoms with Crippen LogP contribution in [0.1, 0.15) is 35.6 Å². The standard InChI is InChI=1S/C9H13.C6H7.H3Si.Zr/c1-6-5-7(2)9(4)8(6)3;1-6-4-2-3-5-6;;/h5H,1-4H3;4-5H,2H2,1H3;1H3;/q2*-1;;+2. The van der Waals surface area contributed by atoms with Gasteiger partial charge in [0.2, 0.25) is 0 Å². The SMILES string of the molecule is CC1=CC[C-]=C1.Cc1c[c-](C)c(C)c1C.[SiH3].[Zr+2]. The van der Waals surface area contributed by atoms with Crippen molar-refractivity contribution in [2.75, 3.05) is 0 Å². The van der Waals surface area contributed by atoms with Gasteiger partial charge in [0.1, 0.15) is 0 Å². The monoisotopic (exact) mass is 321 g/mol. The first-order valence-electron chi connectivity index (χ1n) is 5.46. The molecule has 1 aromatic carbocycles. The Bertz CT molecular complexity index is 372. The Morgan fingerprint density at radius 1 is 1.18 bits per heavy atom. The summed E-state index contributed by atoms with van der Waals surface area (Å²) < 4.78 is 0. The van der Waals surface area contributed by atoms with E-state index in [-0.39, 0.29) is 37.2 Å². The molecule has 1 aliphatic rings. The summed E-state index contributed by atoms with van der Waals surface area (Å²) in [7, 11) is 0. The van der Waals surface area contributed by atoms with Crippen molar-refractivity contribution in [3.8, 4) is 0 Å². The van der Waals surface area contributed by atoms with Crippen LogP contribution in [0.3, 0.4) is 0 Å². The van der Waals surface area contributed by atoms with E-state index in [9.17, 15) is 0 Å². The van der Waals surface area contributed by atoms with Crippen LogP contribution in [0.15, 0.2) is 23.8 Å². The number of rotatable bonds is 0. The molecule has 0 saturated heterocycles. The molecule has 1 radical (unpaired) electrons. The van der Waals surface area contributed by atoms with Gasteiger partial charge in [-0.25, -0.2) is 11.6 Å². The molecule has 0 heterocycles. The van der Waals surface area contributed by atoms with Gasteiger partial charge in [-0.15, -0.1) is 13.3 Å². The average Bonchev–Trinajstić information content (AvgIpc) is 2.73. The largest absolute Gasteiger partial charge is 2.00 e. The minimum absolute atomic E-state index is 0. The maximum absolute atomic E-state index is 3.05. The van der Waals surface area contributed by atoms with E-state index in [1.165, 1.54) is 27.8 Å². The Hall–Kier alpha value is -0.0700. The third kappa shape index (κ3) is 5.88. The Morgan fingerprint density at radius 3 is 1.88 bits per heavy atom. The van der Waals surface area contributed by atoms with Gasteiger partial charge < -0.3 is 0 Å². The maximum Gasteiger partial charge on any atom is 2.00 e. The van der Waals surface area contributed by atoms with Gasteiger partial charge in [-0.3, -0.25) is 6.08 Å². The Labute approximate surface area is 130 Å². The topological polar surface area (TPSA) is 0 Å². The molecule has 0 saturated carbocycles. The molecule has 1 aliphatic carbocycles. The van der Waals surface area contributed by atoms with E-state index in [1.54, 1.807) is 0 Å². The van der Waals surface area contributed by atoms with Crippen molar-refractivity contribution >= 4 is 11.0 Å². The fourth-order valence-electron chi connectivity index (χ4n) is 1.63. The summed E-state index contributed by atoms with van der Waals surface area (Å²) in [5, 5.41) is 0. The van der Waals surface area contributed by atoms with Gasteiger partial charge >= 0.3 is 26.2 Å². The van der Waals surface area contributed by atoms with Crippen LogP contribution in [0.4, 0.5) is 0 Å². The van der Waals surface area contributed by atoms with Gasteiger partial charge in [-0.2, -0.15) is 34.4 Å². The average molecular weight is 323 g/mol. The summed E-state index contributed by atoms with van der Waals surface area (Å²) in [5.41, 5.74) is 7.09. The molecule has 0 fully saturated rings. The van der Waals surface area contributed by atoms with Gasteiger partial charge in [0.25, 0.3) is 0 Å². The van der Waals surface area contributed by atoms with Crippen molar-refractivity contribution < 1.29 is 26.2 Å². The van der Waals surface area contributed by atoms with Gasteiger partial charge in [0, 0.05) is 0 Å². The molecule has 91 valence electrons. The fourth-order valence-corrected chi connectivity index (χ4v) is 1.63. The number of hydrogen-bond acceptors (Lipinski definition) is 0. The smallest absolute Gasteiger partial charge is 0.273 e. The quantitative estimate of drug-likeness (QED) is 0.508. The predicted octanol–water partition coefficient (Wildman–Crippen LogP) is 3.15. The van der Waals surface area contributed by atoms with Crippen LogP contribution in [0.2, 0.25) is 0 Å². The summed E-state index contributed by atoms with van der Waals surface area (Å²) in [6, 6.07) is 2.24. The summed E-state index contributed by atoms with van der Waals surface area (Å²) in [6.07, 6.45) is 8.24. The summed E-state index contributed by atoms with van der Waals surface area (Å²) in [5.74, 6) is 0. The predicted molar refractivity (Wildman–Crippen MR) is 77.1 cm³/mol. The first-order chi connectivity index (χ1) is 7.02. The van der Waals surface area contributed by atoms with Gasteiger partial charge in [0.05, 0.1) is 0 Å². The molecule has 0 unspecified atom stereocenters. The van der Waals surface area contributed by atoms with Crippen molar-refractivity contribution in [2.45, 2.75) is 41.0 Å². The van der Waals surface area contributed by atoms with E-state index in [4.69, 9.17) is 0 Å². The third-order valence-electron chi connectivity index (χ3n) is 3.05. The van der Waals surface area contributed by atoms with Crippen LogP contribution in [0.5, 0.6) is 0 Å². The molecule has 0 amide bonds. The molecule has 1 aromatic rings. The minimum Gasteiger partial charge on any atom is -0.273 e. The Kier molecular flexibility index (Phi) is 10.1. The molecule has 2 rings (SSSR count). The summed E-state index contributed by atoms with van der Waals surface area (Å²) in [6.45, 7) is 10.8. The summed E-state index contributed by atoms with van der Waals surface area (Å²) >= 11 is 0. The first kappa shape index (κ1) is 19.3. The maximum atomic E-state index is 3.05. The zero-order chi connectivity index (χ0) is 11.4. The van der Waals surface area contributed by atoms with Crippen LogP contribution in [-0.2, 0) is 26.2 Å². The third-order valence-corrected chi connectivity index (χ3v) is 3.05. The van der Waals surface area contributed by atoms with E-state index in [1.807, 2.05) is 6.08 Å². The van der Waals surface area contributed by atoms with Gasteiger partial charge in [-0.05, 0) is 11.0 Å². The normalized spacial score (nSPS) is 11.9. The number of hydrogen-bond donors (Lipinski definition) is 0. The Balaban J connectivity index is 0. The molecule has 0 atom stereocenters. The van der Waals surface area contributed by atoms with Gasteiger partial charge in [-0.1, -0.05) is 27.7 Å². The zero-order valence-corrected chi connectivity index (χ0v) is 16.4. The zero-order valence-electron chi connectivity index (χ0n) is 11.9. The second-order valence-corrected chi connectivity index (χ2v) is 4.26. The van der Waals surface area contributed by atoms with Gasteiger partial charge in [0.15, 0.2) is 0 Å². The number of allylic oxidation sites excluding steroid dienone is 4. The molecule has 2 heteroatoms. The molecule has 0 bridgehead atoms. The molecule has 0 aromatic heterocycles. The summed E-state index contributed by atoms with van der Waals surface area (Å²) in [4.78, 5) is 0. The van der Waals surface area contributed by atoms with E-state index in [0.29, 0.717) is 0 Å². The molecule has 0 aliphatic heterocycles. The minimum atomic E-state index is 0. The van der Waals surface area contributed by atoms with Crippen LogP contribution < -0.4 is 0 Å². The van der Waals surface area contributed by atoms with Crippen molar-refractivity contribution in [3.63, 3.8) is 0 Å². The van der Waals surface area contributed by atoms with E-state index >= 15 is 0 Å². The second-order valence-electron chi connectivity index (χ2n) is 4.26. The molecule has 0 N–H and O–H groups in total. The van der Waals surface area contributed by atoms with Crippen molar-refractivity contribution in [2.24, 2.45) is 0 Å². The van der Waals surface area contributed by atoms with Crippen LogP contribution in [0.25, 0.3) is 0 Å². The van der Waals surface area contributed by atoms with Crippen molar-refractivity contribution in [1.82, 2.24) is 0 Å². The van der Waals surface area contributed by atoms with E-state index in [0.717, 1.165) is 6.42 Å². The van der Waals surface area contributed by atoms with Crippen molar-refractivity contribution in [1.29, 1.82) is 0 Å². The molecule has 0 spiro atoms. The second kappa shape index (κ2) is 8.94. The van der Waals surface area contributed by atoms with Crippen LogP contribution in [0, 0.1) is 33.8 Å². The van der Waals surface area contributed by atoms with E-state index in [2.05, 4.69) is 52.8 Å². The molecule has 17 heavy (non-hydrogen) atoms. The number of aryl methyl sites for hydroxylation is 2. The molecular formula is C15H23SiZr. The van der Waals surface area contributed by atoms with E-state index < -0.39 is 0 Å². The first-order valence-corrected chi connectivity index (χ1v) is 5.46. The van der Waals surface area contributed by atoms with Crippen LogP contribution in [-0.4, -0.2) is 11.0 Å².